The maximum atomic E-state index is 12.3. The van der Waals surface area contributed by atoms with Crippen molar-refractivity contribution in [2.24, 2.45) is 13.0 Å². The van der Waals surface area contributed by atoms with Crippen LogP contribution in [0.4, 0.5) is 0 Å². The molecule has 0 aliphatic rings. The highest BCUT2D eigenvalue weighted by Crippen LogP contribution is 2.21. The summed E-state index contributed by atoms with van der Waals surface area (Å²) in [6.45, 7) is 3.54. The summed E-state index contributed by atoms with van der Waals surface area (Å²) in [5, 5.41) is 13.6. The average Bonchev–Trinajstić information content (AvgIpc) is 2.66. The first-order valence-electron chi connectivity index (χ1n) is 6.42. The third-order valence-corrected chi connectivity index (χ3v) is 5.12. The van der Waals surface area contributed by atoms with E-state index >= 15 is 0 Å². The van der Waals surface area contributed by atoms with Crippen LogP contribution in [0.3, 0.4) is 0 Å². The van der Waals surface area contributed by atoms with Gasteiger partial charge >= 0.3 is 5.97 Å². The van der Waals surface area contributed by atoms with Crippen LogP contribution in [0.1, 0.15) is 19.5 Å². The number of aryl methyl sites for hydroxylation is 1. The zero-order chi connectivity index (χ0) is 14.9. The lowest BCUT2D eigenvalue weighted by Crippen LogP contribution is -2.31. The molecule has 0 radical (unpaired) electrons. The van der Waals surface area contributed by atoms with E-state index in [4.69, 9.17) is 0 Å². The fourth-order valence-electron chi connectivity index (χ4n) is 2.32. The molecule has 0 bridgehead atoms. The van der Waals surface area contributed by atoms with E-state index in [9.17, 15) is 14.1 Å². The van der Waals surface area contributed by atoms with Gasteiger partial charge in [-0.2, -0.15) is 5.10 Å². The van der Waals surface area contributed by atoms with Crippen LogP contribution in [0.15, 0.2) is 24.3 Å². The maximum absolute atomic E-state index is 12.3. The summed E-state index contributed by atoms with van der Waals surface area (Å²) in [6, 6.07) is 7.67. The van der Waals surface area contributed by atoms with E-state index in [0.29, 0.717) is 5.69 Å². The molecule has 108 valence electrons. The van der Waals surface area contributed by atoms with Crippen LogP contribution in [0.5, 0.6) is 0 Å². The summed E-state index contributed by atoms with van der Waals surface area (Å²) in [4.78, 5) is 11.2. The molecule has 5 nitrogen and oxygen atoms in total. The average molecular weight is 294 g/mol. The van der Waals surface area contributed by atoms with Gasteiger partial charge < -0.3 is 5.11 Å². The van der Waals surface area contributed by atoms with Crippen molar-refractivity contribution in [3.8, 4) is 0 Å². The lowest BCUT2D eigenvalue weighted by molar-refractivity contribution is -0.137. The van der Waals surface area contributed by atoms with E-state index in [1.54, 1.807) is 18.5 Å². The van der Waals surface area contributed by atoms with E-state index in [1.807, 2.05) is 31.3 Å². The molecule has 2 rings (SSSR count). The van der Waals surface area contributed by atoms with Gasteiger partial charge in [-0.25, -0.2) is 0 Å². The topological polar surface area (TPSA) is 72.2 Å². The number of rotatable bonds is 5. The quantitative estimate of drug-likeness (QED) is 0.914. The second-order valence-electron chi connectivity index (χ2n) is 5.12. The Morgan fingerprint density at radius 2 is 2.05 bits per heavy atom. The van der Waals surface area contributed by atoms with Gasteiger partial charge in [-0.05, 0) is 12.0 Å². The molecule has 0 saturated heterocycles. The molecule has 1 aromatic carbocycles. The van der Waals surface area contributed by atoms with E-state index in [2.05, 4.69) is 5.10 Å². The second-order valence-corrected chi connectivity index (χ2v) is 6.67. The molecule has 2 unspecified atom stereocenters. The third-order valence-electron chi connectivity index (χ3n) is 3.25. The number of aromatic nitrogens is 2. The van der Waals surface area contributed by atoms with Crippen LogP contribution in [0, 0.1) is 5.92 Å². The molecule has 0 aliphatic carbocycles. The van der Waals surface area contributed by atoms with Crippen molar-refractivity contribution in [3.05, 3.63) is 30.0 Å². The molecule has 0 aliphatic heterocycles. The van der Waals surface area contributed by atoms with Crippen molar-refractivity contribution >= 4 is 27.7 Å². The fourth-order valence-corrected chi connectivity index (χ4v) is 3.82. The maximum Gasteiger partial charge on any atom is 0.319 e. The molecule has 2 aromatic rings. The number of carbonyl (C=O) groups is 1. The Balaban J connectivity index is 2.32. The van der Waals surface area contributed by atoms with Crippen molar-refractivity contribution in [1.29, 1.82) is 0 Å². The van der Waals surface area contributed by atoms with Gasteiger partial charge in [0.15, 0.2) is 0 Å². The predicted octanol–water partition coefficient (Wildman–Crippen LogP) is 1.93. The minimum Gasteiger partial charge on any atom is -0.480 e. The number of para-hydroxylation sites is 1. The Bertz CT molecular complexity index is 663. The molecular weight excluding hydrogens is 276 g/mol. The van der Waals surface area contributed by atoms with E-state index in [0.717, 1.165) is 10.9 Å². The van der Waals surface area contributed by atoms with Crippen LogP contribution >= 0.6 is 0 Å². The molecule has 1 N–H and O–H groups in total. The highest BCUT2D eigenvalue weighted by atomic mass is 32.2. The van der Waals surface area contributed by atoms with Crippen LogP contribution in [-0.2, 0) is 28.4 Å². The van der Waals surface area contributed by atoms with Crippen molar-refractivity contribution in [3.63, 3.8) is 0 Å². The number of fused-ring (bicyclic) bond motifs is 1. The molecule has 0 amide bonds. The van der Waals surface area contributed by atoms with Crippen LogP contribution in [0.2, 0.25) is 0 Å². The van der Waals surface area contributed by atoms with Gasteiger partial charge in [0.05, 0.1) is 17.0 Å². The zero-order valence-electron chi connectivity index (χ0n) is 11.7. The summed E-state index contributed by atoms with van der Waals surface area (Å²) in [6.07, 6.45) is 0. The number of carboxylic acids is 1. The standard InChI is InChI=1S/C14H18N2O3S/c1-9(2)13(14(17)18)20(19)8-11-10-6-4-5-7-12(10)16(3)15-11/h4-7,9,13H,8H2,1-3H3,(H,17,18). The summed E-state index contributed by atoms with van der Waals surface area (Å²) < 4.78 is 14.1. The Kier molecular flexibility index (Phi) is 4.23. The molecule has 2 atom stereocenters. The zero-order valence-corrected chi connectivity index (χ0v) is 12.6. The van der Waals surface area contributed by atoms with E-state index in [1.165, 1.54) is 0 Å². The van der Waals surface area contributed by atoms with Crippen molar-refractivity contribution < 1.29 is 14.1 Å². The Hall–Kier alpha value is -1.69. The van der Waals surface area contributed by atoms with Gasteiger partial charge in [-0.3, -0.25) is 13.7 Å². The van der Waals surface area contributed by atoms with Crippen molar-refractivity contribution in [1.82, 2.24) is 9.78 Å². The summed E-state index contributed by atoms with van der Waals surface area (Å²) >= 11 is 0. The van der Waals surface area contributed by atoms with Gasteiger partial charge in [0, 0.05) is 23.2 Å². The molecule has 0 saturated carbocycles. The number of benzene rings is 1. The SMILES string of the molecule is CC(C)C(C(=O)O)S(=O)Cc1nn(C)c2ccccc12. The first kappa shape index (κ1) is 14.7. The van der Waals surface area contributed by atoms with E-state index < -0.39 is 22.0 Å². The minimum absolute atomic E-state index is 0.163. The third kappa shape index (κ3) is 2.75. The molecule has 20 heavy (non-hydrogen) atoms. The first-order chi connectivity index (χ1) is 9.41. The van der Waals surface area contributed by atoms with Gasteiger partial charge in [-0.1, -0.05) is 32.0 Å². The summed E-state index contributed by atoms with van der Waals surface area (Å²) in [5.41, 5.74) is 1.64. The Labute approximate surface area is 120 Å². The predicted molar refractivity (Wildman–Crippen MR) is 78.8 cm³/mol. The lowest BCUT2D eigenvalue weighted by Gasteiger charge is -2.14. The summed E-state index contributed by atoms with van der Waals surface area (Å²) in [5.74, 6) is -1.03. The highest BCUT2D eigenvalue weighted by molar-refractivity contribution is 7.85. The first-order valence-corrected chi connectivity index (χ1v) is 7.80. The summed E-state index contributed by atoms with van der Waals surface area (Å²) in [7, 11) is 0.338. The van der Waals surface area contributed by atoms with Crippen LogP contribution < -0.4 is 0 Å². The smallest absolute Gasteiger partial charge is 0.319 e. The van der Waals surface area contributed by atoms with E-state index in [-0.39, 0.29) is 11.7 Å². The number of hydrogen-bond donors (Lipinski definition) is 1. The largest absolute Gasteiger partial charge is 0.480 e. The second kappa shape index (κ2) is 5.75. The van der Waals surface area contributed by atoms with Crippen molar-refractivity contribution in [2.45, 2.75) is 24.9 Å². The molecule has 1 aromatic heterocycles. The number of nitrogens with zero attached hydrogens (tertiary/aromatic N) is 2. The lowest BCUT2D eigenvalue weighted by atomic mass is 10.1. The van der Waals surface area contributed by atoms with Crippen molar-refractivity contribution in [2.75, 3.05) is 0 Å². The fraction of sp³-hybridized carbons (Fsp3) is 0.429. The minimum atomic E-state index is -1.49. The van der Waals surface area contributed by atoms with Gasteiger partial charge in [-0.15, -0.1) is 0 Å². The molecule has 1 heterocycles. The number of hydrogen-bond acceptors (Lipinski definition) is 3. The molecule has 0 fully saturated rings. The Morgan fingerprint density at radius 3 is 2.65 bits per heavy atom. The van der Waals surface area contributed by atoms with Crippen LogP contribution in [-0.4, -0.2) is 30.3 Å². The Morgan fingerprint density at radius 1 is 1.40 bits per heavy atom. The van der Waals surface area contributed by atoms with Gasteiger partial charge in [0.2, 0.25) is 0 Å². The highest BCUT2D eigenvalue weighted by Gasteiger charge is 2.29. The van der Waals surface area contributed by atoms with Crippen LogP contribution in [0.25, 0.3) is 10.9 Å². The van der Waals surface area contributed by atoms with Gasteiger partial charge in [0.25, 0.3) is 0 Å². The number of aliphatic carboxylic acids is 1. The normalized spacial score (nSPS) is 14.6. The molecular formula is C14H18N2O3S. The number of carboxylic acid groups (broad SMARTS) is 1. The molecule has 6 heteroatoms. The van der Waals surface area contributed by atoms with Gasteiger partial charge in [0.1, 0.15) is 5.25 Å². The molecule has 0 spiro atoms. The monoisotopic (exact) mass is 294 g/mol.